The predicted octanol–water partition coefficient (Wildman–Crippen LogP) is 2.18. The van der Waals surface area contributed by atoms with E-state index in [-0.39, 0.29) is 30.6 Å². The summed E-state index contributed by atoms with van der Waals surface area (Å²) < 4.78 is 28.9. The van der Waals surface area contributed by atoms with E-state index >= 15 is 0 Å². The largest absolute Gasteiger partial charge is 0.496 e. The monoisotopic (exact) mass is 481 g/mol. The molecule has 0 saturated carbocycles. The second-order valence-electron chi connectivity index (χ2n) is 8.34. The Bertz CT molecular complexity index is 1280. The van der Waals surface area contributed by atoms with Crippen LogP contribution in [0.15, 0.2) is 45.8 Å². The summed E-state index contributed by atoms with van der Waals surface area (Å²) in [6.45, 7) is 2.80. The lowest BCUT2D eigenvalue weighted by Gasteiger charge is -2.20. The fourth-order valence-corrected chi connectivity index (χ4v) is 4.56. The van der Waals surface area contributed by atoms with E-state index in [0.29, 0.717) is 66.9 Å². The zero-order valence-corrected chi connectivity index (χ0v) is 19.7. The van der Waals surface area contributed by atoms with Crippen LogP contribution in [-0.4, -0.2) is 49.5 Å². The number of nitrogens with one attached hydrogen (secondary N) is 1. The van der Waals surface area contributed by atoms with E-state index in [9.17, 15) is 9.59 Å². The van der Waals surface area contributed by atoms with Crippen LogP contribution < -0.4 is 29.8 Å². The normalized spacial score (nSPS) is 14.8. The average molecular weight is 482 g/mol. The molecule has 0 saturated heterocycles. The minimum atomic E-state index is -0.309. The van der Waals surface area contributed by atoms with E-state index in [1.807, 2.05) is 12.1 Å². The Morgan fingerprint density at radius 1 is 1.09 bits per heavy atom. The van der Waals surface area contributed by atoms with Gasteiger partial charge in [0, 0.05) is 44.4 Å². The number of carbonyl (C=O) groups excluding carboxylic acids is 1. The zero-order valence-electron chi connectivity index (χ0n) is 19.7. The van der Waals surface area contributed by atoms with Gasteiger partial charge in [-0.05, 0) is 29.8 Å². The summed E-state index contributed by atoms with van der Waals surface area (Å²) in [5.41, 5.74) is 1.87. The molecule has 1 amide bonds. The number of hydrogen-bond donors (Lipinski definition) is 1. The molecule has 4 heterocycles. The molecule has 1 aromatic carbocycles. The summed E-state index contributed by atoms with van der Waals surface area (Å²) >= 11 is 0. The fraction of sp³-hybridized carbons (Fsp3) is 0.360. The summed E-state index contributed by atoms with van der Waals surface area (Å²) in [6.07, 6.45) is 2.07. The highest BCUT2D eigenvalue weighted by Gasteiger charge is 2.26. The van der Waals surface area contributed by atoms with Gasteiger partial charge in [0.05, 0.1) is 27.0 Å². The van der Waals surface area contributed by atoms with E-state index < -0.39 is 0 Å². The number of rotatable bonds is 7. The molecule has 0 aliphatic carbocycles. The second kappa shape index (κ2) is 9.75. The first-order valence-corrected chi connectivity index (χ1v) is 11.4. The van der Waals surface area contributed by atoms with Crippen LogP contribution in [0.25, 0.3) is 0 Å². The molecule has 0 atom stereocenters. The van der Waals surface area contributed by atoms with Gasteiger partial charge in [0.15, 0.2) is 11.5 Å². The number of methoxy groups -OCH3 is 2. The van der Waals surface area contributed by atoms with Gasteiger partial charge >= 0.3 is 0 Å². The van der Waals surface area contributed by atoms with Crippen LogP contribution in [0.2, 0.25) is 0 Å². The van der Waals surface area contributed by atoms with Gasteiger partial charge in [-0.15, -0.1) is 0 Å². The van der Waals surface area contributed by atoms with Crippen molar-refractivity contribution >= 4 is 5.91 Å². The maximum absolute atomic E-state index is 13.2. The van der Waals surface area contributed by atoms with E-state index in [1.54, 1.807) is 30.1 Å². The van der Waals surface area contributed by atoms with Crippen molar-refractivity contribution in [1.82, 2.24) is 14.8 Å². The van der Waals surface area contributed by atoms with Gasteiger partial charge in [-0.1, -0.05) is 0 Å². The van der Waals surface area contributed by atoms with Crippen molar-refractivity contribution in [3.63, 3.8) is 0 Å². The van der Waals surface area contributed by atoms with Crippen molar-refractivity contribution in [3.05, 3.63) is 69.5 Å². The molecule has 1 N–H and O–H groups in total. The first-order valence-electron chi connectivity index (χ1n) is 11.4. The SMILES string of the molecule is COc1cc(CN2CCc3c(C(=O)NCc4ccco4)c(OC)cc(=O)n3CC2)cc2c1OCO2. The quantitative estimate of drug-likeness (QED) is 0.548. The number of benzene rings is 1. The summed E-state index contributed by atoms with van der Waals surface area (Å²) in [6, 6.07) is 8.82. The summed E-state index contributed by atoms with van der Waals surface area (Å²) in [7, 11) is 3.06. The smallest absolute Gasteiger partial charge is 0.257 e. The third kappa shape index (κ3) is 4.57. The molecule has 5 rings (SSSR count). The molecular formula is C25H27N3O7. The number of fused-ring (bicyclic) bond motifs is 2. The van der Waals surface area contributed by atoms with Crippen LogP contribution in [-0.2, 0) is 26.1 Å². The summed E-state index contributed by atoms with van der Waals surface area (Å²) in [4.78, 5) is 28.3. The Labute approximate surface area is 201 Å². The molecule has 0 radical (unpaired) electrons. The highest BCUT2D eigenvalue weighted by Crippen LogP contribution is 2.42. The van der Waals surface area contributed by atoms with Crippen molar-refractivity contribution < 1.29 is 28.2 Å². The van der Waals surface area contributed by atoms with Crippen molar-refractivity contribution in [2.24, 2.45) is 0 Å². The maximum atomic E-state index is 13.2. The lowest BCUT2D eigenvalue weighted by Crippen LogP contribution is -2.31. The molecule has 0 unspecified atom stereocenters. The van der Waals surface area contributed by atoms with Gasteiger partial charge in [-0.25, -0.2) is 0 Å². The van der Waals surface area contributed by atoms with Gasteiger partial charge in [0.25, 0.3) is 11.5 Å². The molecule has 0 fully saturated rings. The van der Waals surface area contributed by atoms with Gasteiger partial charge < -0.3 is 33.2 Å². The number of amides is 1. The number of ether oxygens (including phenoxy) is 4. The lowest BCUT2D eigenvalue weighted by molar-refractivity contribution is 0.0942. The predicted molar refractivity (Wildman–Crippen MR) is 125 cm³/mol. The van der Waals surface area contributed by atoms with Gasteiger partial charge in [-0.3, -0.25) is 14.5 Å². The van der Waals surface area contributed by atoms with Crippen molar-refractivity contribution in [2.45, 2.75) is 26.1 Å². The van der Waals surface area contributed by atoms with Crippen LogP contribution in [0.4, 0.5) is 0 Å². The molecule has 2 aliphatic heterocycles. The molecule has 10 heteroatoms. The first kappa shape index (κ1) is 22.9. The van der Waals surface area contributed by atoms with E-state index in [1.165, 1.54) is 13.2 Å². The van der Waals surface area contributed by atoms with Crippen LogP contribution in [0.1, 0.15) is 27.4 Å². The molecule has 0 spiro atoms. The molecule has 184 valence electrons. The van der Waals surface area contributed by atoms with Crippen LogP contribution in [0.3, 0.4) is 0 Å². The van der Waals surface area contributed by atoms with Crippen molar-refractivity contribution in [2.75, 3.05) is 34.1 Å². The molecular weight excluding hydrogens is 454 g/mol. The molecule has 3 aromatic rings. The van der Waals surface area contributed by atoms with Crippen LogP contribution in [0, 0.1) is 0 Å². The van der Waals surface area contributed by atoms with E-state index in [2.05, 4.69) is 10.2 Å². The highest BCUT2D eigenvalue weighted by atomic mass is 16.7. The number of pyridine rings is 1. The van der Waals surface area contributed by atoms with Crippen LogP contribution >= 0.6 is 0 Å². The van der Waals surface area contributed by atoms with Gasteiger partial charge in [0.2, 0.25) is 12.5 Å². The number of furan rings is 1. The lowest BCUT2D eigenvalue weighted by atomic mass is 10.1. The Hall–Kier alpha value is -3.92. The summed E-state index contributed by atoms with van der Waals surface area (Å²) in [5.74, 6) is 2.51. The number of aromatic nitrogens is 1. The van der Waals surface area contributed by atoms with E-state index in [4.69, 9.17) is 23.4 Å². The highest BCUT2D eigenvalue weighted by molar-refractivity contribution is 5.98. The average Bonchev–Trinajstić information content (AvgIpc) is 3.51. The first-order chi connectivity index (χ1) is 17.1. The third-order valence-corrected chi connectivity index (χ3v) is 6.26. The molecule has 0 bridgehead atoms. The van der Waals surface area contributed by atoms with Crippen LogP contribution in [0.5, 0.6) is 23.0 Å². The van der Waals surface area contributed by atoms with Crippen molar-refractivity contribution in [3.8, 4) is 23.0 Å². The second-order valence-corrected chi connectivity index (χ2v) is 8.34. The van der Waals surface area contributed by atoms with E-state index in [0.717, 1.165) is 5.56 Å². The minimum Gasteiger partial charge on any atom is -0.496 e. The van der Waals surface area contributed by atoms with Gasteiger partial charge in [-0.2, -0.15) is 0 Å². The fourth-order valence-electron chi connectivity index (χ4n) is 4.56. The van der Waals surface area contributed by atoms with Gasteiger partial charge in [0.1, 0.15) is 17.1 Å². The topological polar surface area (TPSA) is 104 Å². The Kier molecular flexibility index (Phi) is 6.37. The summed E-state index contributed by atoms with van der Waals surface area (Å²) in [5, 5.41) is 2.87. The molecule has 10 nitrogen and oxygen atoms in total. The number of hydrogen-bond acceptors (Lipinski definition) is 8. The third-order valence-electron chi connectivity index (χ3n) is 6.26. The minimum absolute atomic E-state index is 0.170. The Morgan fingerprint density at radius 3 is 2.71 bits per heavy atom. The number of carbonyl (C=O) groups is 1. The number of nitrogens with zero attached hydrogens (tertiary/aromatic N) is 2. The Morgan fingerprint density at radius 2 is 1.94 bits per heavy atom. The zero-order chi connectivity index (χ0) is 24.4. The molecule has 35 heavy (non-hydrogen) atoms. The Balaban J connectivity index is 1.37. The maximum Gasteiger partial charge on any atom is 0.257 e. The van der Waals surface area contributed by atoms with Crippen molar-refractivity contribution in [1.29, 1.82) is 0 Å². The molecule has 2 aliphatic rings. The molecule has 2 aromatic heterocycles. The standard InChI is InChI=1S/C25H27N3O7/c1-31-19-12-22(29)28-8-7-27(14-16-10-20(32-2)24-21(11-16)34-15-35-24)6-5-18(28)23(19)25(30)26-13-17-4-3-9-33-17/h3-4,9-12H,5-8,13-15H2,1-2H3,(H,26,30).